The maximum Gasteiger partial charge on any atom is 0.407 e. The van der Waals surface area contributed by atoms with E-state index in [1.54, 1.807) is 0 Å². The number of allylic oxidation sites excluding steroid dienone is 1. The molecule has 1 atom stereocenters. The van der Waals surface area contributed by atoms with Gasteiger partial charge in [0, 0.05) is 6.04 Å². The summed E-state index contributed by atoms with van der Waals surface area (Å²) >= 11 is 0. The van der Waals surface area contributed by atoms with Crippen molar-refractivity contribution >= 4 is 6.09 Å². The van der Waals surface area contributed by atoms with Crippen LogP contribution in [0, 0.1) is 0 Å². The van der Waals surface area contributed by atoms with Gasteiger partial charge in [0.25, 0.3) is 0 Å². The van der Waals surface area contributed by atoms with Crippen LogP contribution >= 0.6 is 0 Å². The number of hydrogen-bond acceptors (Lipinski definition) is 2. The lowest BCUT2D eigenvalue weighted by Gasteiger charge is -2.12. The van der Waals surface area contributed by atoms with Crippen LogP contribution in [0.3, 0.4) is 0 Å². The third-order valence-electron chi connectivity index (χ3n) is 2.38. The van der Waals surface area contributed by atoms with E-state index >= 15 is 0 Å². The standard InChI is InChI=1S/C14H19NO2/c1-3-4-8-12(2)15-14(16)17-11-13-9-6-5-7-10-13/h3,5-7,9-10,12H,1,4,8,11H2,2H3,(H,15,16)/t12-/m0/s1. The molecule has 0 aromatic heterocycles. The van der Waals surface area contributed by atoms with Crippen molar-refractivity contribution in [1.82, 2.24) is 5.32 Å². The Hall–Kier alpha value is -1.77. The Kier molecular flexibility index (Phi) is 5.86. The number of alkyl carbamates (subject to hydrolysis) is 1. The minimum absolute atomic E-state index is 0.108. The summed E-state index contributed by atoms with van der Waals surface area (Å²) in [6.45, 7) is 5.90. The van der Waals surface area contributed by atoms with Crippen LogP contribution in [-0.2, 0) is 11.3 Å². The average molecular weight is 233 g/mol. The number of amides is 1. The summed E-state index contributed by atoms with van der Waals surface area (Å²) in [7, 11) is 0. The molecule has 0 aliphatic rings. The molecule has 0 unspecified atom stereocenters. The summed E-state index contributed by atoms with van der Waals surface area (Å²) < 4.78 is 5.10. The van der Waals surface area contributed by atoms with E-state index in [1.807, 2.05) is 43.3 Å². The van der Waals surface area contributed by atoms with Gasteiger partial charge in [0.2, 0.25) is 0 Å². The predicted octanol–water partition coefficient (Wildman–Crippen LogP) is 3.27. The van der Waals surface area contributed by atoms with Crippen molar-refractivity contribution in [1.29, 1.82) is 0 Å². The minimum atomic E-state index is -0.370. The summed E-state index contributed by atoms with van der Waals surface area (Å²) in [4.78, 5) is 11.4. The highest BCUT2D eigenvalue weighted by Crippen LogP contribution is 2.02. The molecular formula is C14H19NO2. The molecule has 0 bridgehead atoms. The fraction of sp³-hybridized carbons (Fsp3) is 0.357. The van der Waals surface area contributed by atoms with Gasteiger partial charge in [-0.3, -0.25) is 0 Å². The van der Waals surface area contributed by atoms with E-state index in [0.29, 0.717) is 6.61 Å². The van der Waals surface area contributed by atoms with Gasteiger partial charge in [-0.05, 0) is 25.3 Å². The van der Waals surface area contributed by atoms with E-state index in [1.165, 1.54) is 0 Å². The lowest BCUT2D eigenvalue weighted by Crippen LogP contribution is -2.32. The molecule has 0 spiro atoms. The number of rotatable bonds is 6. The topological polar surface area (TPSA) is 38.3 Å². The number of carbonyl (C=O) groups excluding carboxylic acids is 1. The van der Waals surface area contributed by atoms with Crippen molar-refractivity contribution in [3.8, 4) is 0 Å². The van der Waals surface area contributed by atoms with Crippen molar-refractivity contribution < 1.29 is 9.53 Å². The molecule has 17 heavy (non-hydrogen) atoms. The molecule has 1 aromatic rings. The Morgan fingerprint density at radius 2 is 2.18 bits per heavy atom. The maximum atomic E-state index is 11.4. The third kappa shape index (κ3) is 5.76. The number of nitrogens with one attached hydrogen (secondary N) is 1. The second-order valence-corrected chi connectivity index (χ2v) is 3.97. The van der Waals surface area contributed by atoms with Gasteiger partial charge < -0.3 is 10.1 Å². The zero-order valence-electron chi connectivity index (χ0n) is 10.2. The largest absolute Gasteiger partial charge is 0.445 e. The first-order valence-corrected chi connectivity index (χ1v) is 5.80. The fourth-order valence-corrected chi connectivity index (χ4v) is 1.41. The quantitative estimate of drug-likeness (QED) is 0.766. The van der Waals surface area contributed by atoms with Crippen LogP contribution in [0.25, 0.3) is 0 Å². The molecule has 0 aliphatic carbocycles. The number of hydrogen-bond donors (Lipinski definition) is 1. The monoisotopic (exact) mass is 233 g/mol. The molecule has 0 heterocycles. The molecule has 0 saturated carbocycles. The van der Waals surface area contributed by atoms with Crippen LogP contribution in [-0.4, -0.2) is 12.1 Å². The summed E-state index contributed by atoms with van der Waals surface area (Å²) in [5.74, 6) is 0. The van der Waals surface area contributed by atoms with Gasteiger partial charge in [0.05, 0.1) is 0 Å². The van der Waals surface area contributed by atoms with E-state index in [2.05, 4.69) is 11.9 Å². The van der Waals surface area contributed by atoms with Crippen LogP contribution < -0.4 is 5.32 Å². The molecule has 3 nitrogen and oxygen atoms in total. The summed E-state index contributed by atoms with van der Waals surface area (Å²) in [5.41, 5.74) is 0.987. The summed E-state index contributed by atoms with van der Waals surface area (Å²) in [5, 5.41) is 2.78. The van der Waals surface area contributed by atoms with Crippen molar-refractivity contribution in [2.75, 3.05) is 0 Å². The van der Waals surface area contributed by atoms with Crippen LogP contribution in [0.4, 0.5) is 4.79 Å². The molecule has 1 N–H and O–H groups in total. The van der Waals surface area contributed by atoms with Gasteiger partial charge in [-0.2, -0.15) is 0 Å². The van der Waals surface area contributed by atoms with Gasteiger partial charge >= 0.3 is 6.09 Å². The van der Waals surface area contributed by atoms with E-state index < -0.39 is 0 Å². The number of carbonyl (C=O) groups is 1. The van der Waals surface area contributed by atoms with Crippen molar-refractivity contribution in [2.45, 2.75) is 32.4 Å². The normalized spacial score (nSPS) is 11.6. The highest BCUT2D eigenvalue weighted by molar-refractivity contribution is 5.67. The lowest BCUT2D eigenvalue weighted by molar-refractivity contribution is 0.136. The molecule has 92 valence electrons. The van der Waals surface area contributed by atoms with Gasteiger partial charge in [0.1, 0.15) is 6.61 Å². The lowest BCUT2D eigenvalue weighted by atomic mass is 10.2. The molecule has 1 amide bonds. The van der Waals surface area contributed by atoms with E-state index in [0.717, 1.165) is 18.4 Å². The SMILES string of the molecule is C=CCC[C@H](C)NC(=O)OCc1ccccc1. The van der Waals surface area contributed by atoms with Gasteiger partial charge in [-0.1, -0.05) is 36.4 Å². The molecular weight excluding hydrogens is 214 g/mol. The first-order chi connectivity index (χ1) is 8.22. The molecule has 0 aliphatic heterocycles. The molecule has 0 radical (unpaired) electrons. The van der Waals surface area contributed by atoms with Crippen molar-refractivity contribution in [3.05, 3.63) is 48.6 Å². The number of benzene rings is 1. The Balaban J connectivity index is 2.23. The zero-order chi connectivity index (χ0) is 12.5. The Labute approximate surface area is 102 Å². The van der Waals surface area contributed by atoms with Gasteiger partial charge in [0.15, 0.2) is 0 Å². The first-order valence-electron chi connectivity index (χ1n) is 5.80. The highest BCUT2D eigenvalue weighted by Gasteiger charge is 2.07. The predicted molar refractivity (Wildman–Crippen MR) is 68.7 cm³/mol. The van der Waals surface area contributed by atoms with E-state index in [-0.39, 0.29) is 12.1 Å². The second-order valence-electron chi connectivity index (χ2n) is 3.97. The smallest absolute Gasteiger partial charge is 0.407 e. The first kappa shape index (κ1) is 13.3. The van der Waals surface area contributed by atoms with E-state index in [4.69, 9.17) is 4.74 Å². The average Bonchev–Trinajstić information content (AvgIpc) is 2.35. The zero-order valence-corrected chi connectivity index (χ0v) is 10.2. The second kappa shape index (κ2) is 7.49. The maximum absolute atomic E-state index is 11.4. The van der Waals surface area contributed by atoms with Gasteiger partial charge in [-0.25, -0.2) is 4.79 Å². The summed E-state index contributed by atoms with van der Waals surface area (Å²) in [6, 6.07) is 9.73. The third-order valence-corrected chi connectivity index (χ3v) is 2.38. The Morgan fingerprint density at radius 3 is 2.82 bits per heavy atom. The van der Waals surface area contributed by atoms with Crippen LogP contribution in [0.2, 0.25) is 0 Å². The molecule has 0 fully saturated rings. The van der Waals surface area contributed by atoms with Gasteiger partial charge in [-0.15, -0.1) is 6.58 Å². The fourth-order valence-electron chi connectivity index (χ4n) is 1.41. The van der Waals surface area contributed by atoms with Crippen LogP contribution in [0.1, 0.15) is 25.3 Å². The molecule has 1 aromatic carbocycles. The van der Waals surface area contributed by atoms with E-state index in [9.17, 15) is 4.79 Å². The Bertz CT molecular complexity index is 348. The molecule has 1 rings (SSSR count). The van der Waals surface area contributed by atoms with Crippen LogP contribution in [0.5, 0.6) is 0 Å². The molecule has 0 saturated heterocycles. The van der Waals surface area contributed by atoms with Crippen molar-refractivity contribution in [2.24, 2.45) is 0 Å². The number of ether oxygens (including phenoxy) is 1. The summed E-state index contributed by atoms with van der Waals surface area (Å²) in [6.07, 6.45) is 3.24. The minimum Gasteiger partial charge on any atom is -0.445 e. The van der Waals surface area contributed by atoms with Crippen molar-refractivity contribution in [3.63, 3.8) is 0 Å². The molecule has 3 heteroatoms. The Morgan fingerprint density at radius 1 is 1.47 bits per heavy atom. The van der Waals surface area contributed by atoms with Crippen LogP contribution in [0.15, 0.2) is 43.0 Å². The highest BCUT2D eigenvalue weighted by atomic mass is 16.5.